The summed E-state index contributed by atoms with van der Waals surface area (Å²) < 4.78 is 10.4. The fraction of sp³-hybridized carbons (Fsp3) is 0.167. The van der Waals surface area contributed by atoms with Crippen molar-refractivity contribution in [1.82, 2.24) is 4.90 Å². The number of ether oxygens (including phenoxy) is 1. The third-order valence-corrected chi connectivity index (χ3v) is 5.13. The van der Waals surface area contributed by atoms with Gasteiger partial charge in [-0.1, -0.05) is 17.7 Å². The second-order valence-electron chi connectivity index (χ2n) is 7.35. The van der Waals surface area contributed by atoms with Crippen molar-refractivity contribution in [2.24, 2.45) is 0 Å². The lowest BCUT2D eigenvalue weighted by Gasteiger charge is -2.11. The van der Waals surface area contributed by atoms with Crippen molar-refractivity contribution in [3.8, 4) is 0 Å². The molecule has 1 aromatic heterocycles. The van der Waals surface area contributed by atoms with Crippen LogP contribution in [0, 0.1) is 13.8 Å². The molecule has 7 nitrogen and oxygen atoms in total. The zero-order valence-electron chi connectivity index (χ0n) is 17.0. The molecule has 0 unspecified atom stereocenters. The number of amides is 2. The highest BCUT2D eigenvalue weighted by Crippen LogP contribution is 2.26. The Bertz CT molecular complexity index is 1210. The molecule has 0 saturated heterocycles. The average molecular weight is 417 g/mol. The highest BCUT2D eigenvalue weighted by molar-refractivity contribution is 6.21. The molecule has 1 aliphatic rings. The maximum absolute atomic E-state index is 12.7. The minimum atomic E-state index is -0.744. The van der Waals surface area contributed by atoms with E-state index in [-0.39, 0.29) is 29.0 Å². The van der Waals surface area contributed by atoms with E-state index < -0.39 is 24.4 Å². The summed E-state index contributed by atoms with van der Waals surface area (Å²) in [6.07, 6.45) is 1.46. The van der Waals surface area contributed by atoms with E-state index in [2.05, 4.69) is 0 Å². The number of carbonyl (C=O) groups excluding carboxylic acids is 4. The minimum absolute atomic E-state index is 0.00344. The van der Waals surface area contributed by atoms with E-state index >= 15 is 0 Å². The minimum Gasteiger partial charge on any atom is -0.467 e. The van der Waals surface area contributed by atoms with Crippen molar-refractivity contribution in [3.05, 3.63) is 93.9 Å². The van der Waals surface area contributed by atoms with Crippen LogP contribution in [0.1, 0.15) is 58.3 Å². The lowest BCUT2D eigenvalue weighted by Crippen LogP contribution is -2.28. The molecule has 0 atom stereocenters. The molecule has 4 rings (SSSR count). The summed E-state index contributed by atoms with van der Waals surface area (Å²) in [5.74, 6) is -1.56. The molecular formula is C24H19NO6. The summed E-state index contributed by atoms with van der Waals surface area (Å²) >= 11 is 0. The third kappa shape index (κ3) is 3.90. The van der Waals surface area contributed by atoms with Crippen LogP contribution in [-0.4, -0.2) is 35.1 Å². The molecule has 0 radical (unpaired) electrons. The van der Waals surface area contributed by atoms with Gasteiger partial charge in [0, 0.05) is 5.56 Å². The van der Waals surface area contributed by atoms with Crippen molar-refractivity contribution in [3.63, 3.8) is 0 Å². The molecular weight excluding hydrogens is 398 g/mol. The van der Waals surface area contributed by atoms with Gasteiger partial charge in [0.1, 0.15) is 5.76 Å². The lowest BCUT2D eigenvalue weighted by atomic mass is 10.0. The first-order chi connectivity index (χ1) is 14.8. The van der Waals surface area contributed by atoms with E-state index in [4.69, 9.17) is 9.15 Å². The van der Waals surface area contributed by atoms with Crippen LogP contribution in [0.25, 0.3) is 0 Å². The summed E-state index contributed by atoms with van der Waals surface area (Å²) in [6.45, 7) is 3.27. The molecule has 1 aliphatic heterocycles. The van der Waals surface area contributed by atoms with Gasteiger partial charge in [0.2, 0.25) is 5.78 Å². The maximum Gasteiger partial charge on any atom is 0.338 e. The number of Topliss-reactive ketones (excluding diaryl/α,β-unsaturated/α-hetero) is 1. The first kappa shape index (κ1) is 20.3. The topological polar surface area (TPSA) is 93.9 Å². The average Bonchev–Trinajstić information content (AvgIpc) is 3.36. The Hall–Kier alpha value is -4.00. The molecule has 0 bridgehead atoms. The van der Waals surface area contributed by atoms with E-state index in [1.54, 1.807) is 18.2 Å². The number of fused-ring (bicyclic) bond motifs is 1. The van der Waals surface area contributed by atoms with Gasteiger partial charge < -0.3 is 9.15 Å². The molecule has 0 N–H and O–H groups in total. The Balaban J connectivity index is 1.47. The Labute approximate surface area is 178 Å². The first-order valence-corrected chi connectivity index (χ1v) is 9.65. The highest BCUT2D eigenvalue weighted by Gasteiger charge is 2.36. The zero-order valence-corrected chi connectivity index (χ0v) is 17.0. The molecule has 2 amide bonds. The predicted molar refractivity (Wildman–Crippen MR) is 110 cm³/mol. The predicted octanol–water partition coefficient (Wildman–Crippen LogP) is 3.73. The molecule has 3 aromatic rings. The van der Waals surface area contributed by atoms with E-state index in [9.17, 15) is 19.2 Å². The lowest BCUT2D eigenvalue weighted by molar-refractivity contribution is 0.0474. The summed E-state index contributed by atoms with van der Waals surface area (Å²) in [5, 5.41) is 0. The van der Waals surface area contributed by atoms with Crippen LogP contribution in [0.15, 0.2) is 59.2 Å². The number of furan rings is 1. The van der Waals surface area contributed by atoms with Gasteiger partial charge in [-0.15, -0.1) is 0 Å². The van der Waals surface area contributed by atoms with Crippen molar-refractivity contribution in [2.75, 3.05) is 6.61 Å². The molecule has 156 valence electrons. The fourth-order valence-corrected chi connectivity index (χ4v) is 3.45. The molecule has 0 spiro atoms. The second kappa shape index (κ2) is 8.02. The van der Waals surface area contributed by atoms with Crippen molar-refractivity contribution in [2.45, 2.75) is 20.4 Å². The maximum atomic E-state index is 12.7. The van der Waals surface area contributed by atoms with Crippen LogP contribution in [0.2, 0.25) is 0 Å². The van der Waals surface area contributed by atoms with E-state index in [1.807, 2.05) is 26.0 Å². The van der Waals surface area contributed by atoms with Crippen molar-refractivity contribution < 1.29 is 28.3 Å². The number of esters is 1. The van der Waals surface area contributed by atoms with Crippen LogP contribution >= 0.6 is 0 Å². The van der Waals surface area contributed by atoms with Crippen LogP contribution in [0.3, 0.4) is 0 Å². The first-order valence-electron chi connectivity index (χ1n) is 9.65. The standard InChI is InChI=1S/C24H19NO6/c1-14-5-6-15(2)19(10-14)21(26)13-31-24(29)16-7-8-18-20(11-16)23(28)25(22(18)27)12-17-4-3-9-30-17/h3-11H,12-13H2,1-2H3. The molecule has 31 heavy (non-hydrogen) atoms. The van der Waals surface area contributed by atoms with Gasteiger partial charge in [-0.2, -0.15) is 0 Å². The number of nitrogens with zero attached hydrogens (tertiary/aromatic N) is 1. The molecule has 0 aliphatic carbocycles. The Morgan fingerprint density at radius 2 is 1.74 bits per heavy atom. The monoisotopic (exact) mass is 417 g/mol. The van der Waals surface area contributed by atoms with Crippen molar-refractivity contribution >= 4 is 23.6 Å². The summed E-state index contributed by atoms with van der Waals surface area (Å²) in [5.41, 5.74) is 2.64. The SMILES string of the molecule is Cc1ccc(C)c(C(=O)COC(=O)c2ccc3c(c2)C(=O)N(Cc2ccco2)C3=O)c1. The van der Waals surface area contributed by atoms with Crippen LogP contribution in [0.4, 0.5) is 0 Å². The number of hydrogen-bond acceptors (Lipinski definition) is 6. The second-order valence-corrected chi connectivity index (χ2v) is 7.35. The highest BCUT2D eigenvalue weighted by atomic mass is 16.5. The number of carbonyl (C=O) groups is 4. The van der Waals surface area contributed by atoms with Crippen LogP contribution in [0.5, 0.6) is 0 Å². The van der Waals surface area contributed by atoms with Gasteiger partial charge >= 0.3 is 5.97 Å². The Kier molecular flexibility index (Phi) is 5.25. The van der Waals surface area contributed by atoms with E-state index in [0.29, 0.717) is 11.3 Å². The van der Waals surface area contributed by atoms with E-state index in [1.165, 1.54) is 24.5 Å². The number of aryl methyl sites for hydroxylation is 2. The molecule has 2 heterocycles. The zero-order chi connectivity index (χ0) is 22.1. The molecule has 7 heteroatoms. The summed E-state index contributed by atoms with van der Waals surface area (Å²) in [6, 6.07) is 13.0. The normalized spacial score (nSPS) is 12.8. The summed E-state index contributed by atoms with van der Waals surface area (Å²) in [7, 11) is 0. The fourth-order valence-electron chi connectivity index (χ4n) is 3.45. The van der Waals surface area contributed by atoms with Gasteiger partial charge in [0.15, 0.2) is 6.61 Å². The van der Waals surface area contributed by atoms with Gasteiger partial charge in [-0.3, -0.25) is 19.3 Å². The summed E-state index contributed by atoms with van der Waals surface area (Å²) in [4.78, 5) is 51.2. The van der Waals surface area contributed by atoms with Crippen LogP contribution < -0.4 is 0 Å². The number of ketones is 1. The molecule has 0 saturated carbocycles. The van der Waals surface area contributed by atoms with Gasteiger partial charge in [0.05, 0.1) is 29.5 Å². The van der Waals surface area contributed by atoms with Crippen LogP contribution in [-0.2, 0) is 11.3 Å². The number of hydrogen-bond donors (Lipinski definition) is 0. The Morgan fingerprint density at radius 3 is 2.48 bits per heavy atom. The molecule has 0 fully saturated rings. The van der Waals surface area contributed by atoms with E-state index in [0.717, 1.165) is 16.0 Å². The Morgan fingerprint density at radius 1 is 0.968 bits per heavy atom. The van der Waals surface area contributed by atoms with Gasteiger partial charge in [-0.25, -0.2) is 4.79 Å². The number of imide groups is 1. The number of benzene rings is 2. The van der Waals surface area contributed by atoms with Crippen molar-refractivity contribution in [1.29, 1.82) is 0 Å². The van der Waals surface area contributed by atoms with Gasteiger partial charge in [0.25, 0.3) is 11.8 Å². The quantitative estimate of drug-likeness (QED) is 0.345. The smallest absolute Gasteiger partial charge is 0.338 e. The third-order valence-electron chi connectivity index (χ3n) is 5.13. The largest absolute Gasteiger partial charge is 0.467 e. The van der Waals surface area contributed by atoms with Gasteiger partial charge in [-0.05, 0) is 55.8 Å². The molecule has 2 aromatic carbocycles. The number of rotatable bonds is 6.